The highest BCUT2D eigenvalue weighted by molar-refractivity contribution is 5.75. The molecule has 0 aliphatic carbocycles. The van der Waals surface area contributed by atoms with Gasteiger partial charge in [-0.1, -0.05) is 12.1 Å². The molecule has 0 fully saturated rings. The average molecular weight is 163 g/mol. The maximum absolute atomic E-state index is 5.57. The molecule has 0 saturated carbocycles. The second-order valence-electron chi connectivity index (χ2n) is 2.57. The van der Waals surface area contributed by atoms with Crippen LogP contribution in [0, 0.1) is 0 Å². The Hall–Kier alpha value is -1.65. The number of pyridine rings is 1. The molecule has 0 atom stereocenters. The number of nitrogens with two attached hydrogens (primary N) is 1. The maximum atomic E-state index is 5.57. The third-order valence-corrected chi connectivity index (χ3v) is 1.78. The van der Waals surface area contributed by atoms with Gasteiger partial charge in [-0.15, -0.1) is 5.10 Å². The summed E-state index contributed by atoms with van der Waals surface area (Å²) >= 11 is 0. The molecule has 2 aromatic heterocycles. The van der Waals surface area contributed by atoms with Crippen molar-refractivity contribution in [3.05, 3.63) is 11.6 Å². The molecule has 5 heteroatoms. The Kier molecular flexibility index (Phi) is 1.43. The number of fused-ring (bicyclic) bond motifs is 1. The van der Waals surface area contributed by atoms with Gasteiger partial charge in [0.1, 0.15) is 11.3 Å². The lowest BCUT2D eigenvalue weighted by molar-refractivity contribution is 0.952. The Balaban J connectivity index is 2.80. The fraction of sp³-hybridized carbons (Fsp3) is 0.286. The van der Waals surface area contributed by atoms with E-state index in [-0.39, 0.29) is 0 Å². The zero-order valence-corrected chi connectivity index (χ0v) is 6.70. The quantitative estimate of drug-likeness (QED) is 0.641. The zero-order chi connectivity index (χ0) is 8.55. The van der Waals surface area contributed by atoms with E-state index < -0.39 is 0 Å². The van der Waals surface area contributed by atoms with E-state index in [4.69, 9.17) is 5.73 Å². The Labute approximate surface area is 69.0 Å². The minimum atomic E-state index is 0.505. The van der Waals surface area contributed by atoms with Gasteiger partial charge in [0.15, 0.2) is 5.65 Å². The molecule has 2 aromatic rings. The van der Waals surface area contributed by atoms with Gasteiger partial charge >= 0.3 is 0 Å². The number of hydrogen-bond acceptors (Lipinski definition) is 4. The Morgan fingerprint density at radius 1 is 1.58 bits per heavy atom. The Bertz CT molecular complexity index is 405. The van der Waals surface area contributed by atoms with Crippen LogP contribution in [-0.2, 0) is 6.42 Å². The highest BCUT2D eigenvalue weighted by Crippen LogP contribution is 2.14. The average Bonchev–Trinajstić information content (AvgIpc) is 2.50. The van der Waals surface area contributed by atoms with E-state index in [9.17, 15) is 0 Å². The van der Waals surface area contributed by atoms with E-state index in [0.29, 0.717) is 11.5 Å². The number of rotatable bonds is 1. The predicted octanol–water partition coefficient (Wildman–Crippen LogP) is 0.497. The SMILES string of the molecule is CCc1cc(N)nc2[nH]nnc12. The first-order valence-corrected chi connectivity index (χ1v) is 3.77. The molecule has 12 heavy (non-hydrogen) atoms. The van der Waals surface area contributed by atoms with Gasteiger partial charge in [0.2, 0.25) is 0 Å². The highest BCUT2D eigenvalue weighted by Gasteiger charge is 2.05. The van der Waals surface area contributed by atoms with E-state index in [0.717, 1.165) is 17.5 Å². The fourth-order valence-electron chi connectivity index (χ4n) is 1.19. The Morgan fingerprint density at radius 3 is 3.17 bits per heavy atom. The molecule has 0 bridgehead atoms. The van der Waals surface area contributed by atoms with Crippen molar-refractivity contribution in [2.24, 2.45) is 0 Å². The second-order valence-corrected chi connectivity index (χ2v) is 2.57. The number of H-pyrrole nitrogens is 1. The van der Waals surface area contributed by atoms with Crippen LogP contribution < -0.4 is 5.73 Å². The molecule has 5 nitrogen and oxygen atoms in total. The summed E-state index contributed by atoms with van der Waals surface area (Å²) in [5.41, 5.74) is 8.12. The van der Waals surface area contributed by atoms with Gasteiger partial charge in [0, 0.05) is 0 Å². The lowest BCUT2D eigenvalue weighted by Crippen LogP contribution is -1.93. The number of hydrogen-bond donors (Lipinski definition) is 2. The zero-order valence-electron chi connectivity index (χ0n) is 6.70. The number of aryl methyl sites for hydroxylation is 1. The topological polar surface area (TPSA) is 80.5 Å². The van der Waals surface area contributed by atoms with Gasteiger partial charge < -0.3 is 5.73 Å². The van der Waals surface area contributed by atoms with Crippen LogP contribution in [0.4, 0.5) is 5.82 Å². The number of nitrogens with one attached hydrogen (secondary N) is 1. The summed E-state index contributed by atoms with van der Waals surface area (Å²) in [7, 11) is 0. The van der Waals surface area contributed by atoms with Crippen molar-refractivity contribution in [3.8, 4) is 0 Å². The first-order valence-electron chi connectivity index (χ1n) is 3.77. The van der Waals surface area contributed by atoms with Crippen LogP contribution in [0.2, 0.25) is 0 Å². The van der Waals surface area contributed by atoms with Crippen molar-refractivity contribution in [1.82, 2.24) is 20.4 Å². The molecule has 0 spiro atoms. The molecule has 62 valence electrons. The summed E-state index contributed by atoms with van der Waals surface area (Å²) in [5, 5.41) is 10.2. The van der Waals surface area contributed by atoms with Crippen molar-refractivity contribution in [3.63, 3.8) is 0 Å². The van der Waals surface area contributed by atoms with E-state index >= 15 is 0 Å². The maximum Gasteiger partial charge on any atom is 0.178 e. The molecule has 0 aromatic carbocycles. The fourth-order valence-corrected chi connectivity index (χ4v) is 1.19. The standard InChI is InChI=1S/C7H9N5/c1-2-4-3-5(8)9-7-6(4)10-12-11-7/h3H,2H2,1H3,(H3,8,9,10,11,12). The molecule has 2 heterocycles. The van der Waals surface area contributed by atoms with Crippen LogP contribution in [0.3, 0.4) is 0 Å². The Morgan fingerprint density at radius 2 is 2.42 bits per heavy atom. The molecule has 0 aliphatic heterocycles. The molecule has 0 unspecified atom stereocenters. The summed E-state index contributed by atoms with van der Waals surface area (Å²) in [6.07, 6.45) is 0.885. The summed E-state index contributed by atoms with van der Waals surface area (Å²) in [6.45, 7) is 2.04. The molecule has 2 rings (SSSR count). The summed E-state index contributed by atoms with van der Waals surface area (Å²) in [5.74, 6) is 0.505. The number of nitrogens with zero attached hydrogens (tertiary/aromatic N) is 3. The van der Waals surface area contributed by atoms with Crippen LogP contribution in [0.15, 0.2) is 6.07 Å². The smallest absolute Gasteiger partial charge is 0.178 e. The number of aromatic nitrogens is 4. The second kappa shape index (κ2) is 2.44. The number of nitrogen functional groups attached to an aromatic ring is 1. The molecule has 0 saturated heterocycles. The largest absolute Gasteiger partial charge is 0.384 e. The number of anilines is 1. The van der Waals surface area contributed by atoms with Gasteiger partial charge in [-0.2, -0.15) is 0 Å². The highest BCUT2D eigenvalue weighted by atomic mass is 15.3. The van der Waals surface area contributed by atoms with E-state index in [1.54, 1.807) is 0 Å². The summed E-state index contributed by atoms with van der Waals surface area (Å²) < 4.78 is 0. The van der Waals surface area contributed by atoms with Gasteiger partial charge in [0.25, 0.3) is 0 Å². The lowest BCUT2D eigenvalue weighted by atomic mass is 10.2. The van der Waals surface area contributed by atoms with Crippen LogP contribution in [0.1, 0.15) is 12.5 Å². The minimum Gasteiger partial charge on any atom is -0.384 e. The summed E-state index contributed by atoms with van der Waals surface area (Å²) in [4.78, 5) is 4.04. The lowest BCUT2D eigenvalue weighted by Gasteiger charge is -1.97. The third-order valence-electron chi connectivity index (χ3n) is 1.78. The van der Waals surface area contributed by atoms with Crippen LogP contribution in [-0.4, -0.2) is 20.4 Å². The van der Waals surface area contributed by atoms with Crippen molar-refractivity contribution in [2.75, 3.05) is 5.73 Å². The number of aromatic amines is 1. The molecule has 0 amide bonds. The van der Waals surface area contributed by atoms with E-state index in [1.807, 2.05) is 13.0 Å². The first kappa shape index (κ1) is 7.02. The molecule has 0 aliphatic rings. The van der Waals surface area contributed by atoms with Crippen molar-refractivity contribution in [1.29, 1.82) is 0 Å². The van der Waals surface area contributed by atoms with E-state index in [1.165, 1.54) is 0 Å². The van der Waals surface area contributed by atoms with Crippen LogP contribution in [0.5, 0.6) is 0 Å². The monoisotopic (exact) mass is 163 g/mol. The van der Waals surface area contributed by atoms with Gasteiger partial charge in [-0.3, -0.25) is 0 Å². The first-order chi connectivity index (χ1) is 5.81. The molecule has 0 radical (unpaired) electrons. The van der Waals surface area contributed by atoms with E-state index in [2.05, 4.69) is 20.4 Å². The van der Waals surface area contributed by atoms with Crippen LogP contribution >= 0.6 is 0 Å². The van der Waals surface area contributed by atoms with Crippen molar-refractivity contribution in [2.45, 2.75) is 13.3 Å². The minimum absolute atomic E-state index is 0.505. The van der Waals surface area contributed by atoms with Gasteiger partial charge in [-0.25, -0.2) is 10.1 Å². The third kappa shape index (κ3) is 0.903. The van der Waals surface area contributed by atoms with Gasteiger partial charge in [0.05, 0.1) is 0 Å². The van der Waals surface area contributed by atoms with Crippen molar-refractivity contribution < 1.29 is 0 Å². The predicted molar refractivity (Wildman–Crippen MR) is 45.5 cm³/mol. The molecular weight excluding hydrogens is 154 g/mol. The normalized spacial score (nSPS) is 10.8. The molecule has 3 N–H and O–H groups in total. The van der Waals surface area contributed by atoms with Gasteiger partial charge in [-0.05, 0) is 18.1 Å². The summed E-state index contributed by atoms with van der Waals surface area (Å²) in [6, 6.07) is 1.82. The van der Waals surface area contributed by atoms with Crippen molar-refractivity contribution >= 4 is 17.0 Å². The molecular formula is C7H9N5. The van der Waals surface area contributed by atoms with Crippen LogP contribution in [0.25, 0.3) is 11.2 Å².